The molecule has 0 spiro atoms. The highest BCUT2D eigenvalue weighted by Gasteiger charge is 2.32. The van der Waals surface area contributed by atoms with Gasteiger partial charge in [0.2, 0.25) is 11.7 Å². The molecule has 134 valence electrons. The Morgan fingerprint density at radius 3 is 2.73 bits per heavy atom. The zero-order chi connectivity index (χ0) is 17.9. The second-order valence-corrected chi connectivity index (χ2v) is 6.28. The Kier molecular flexibility index (Phi) is 4.53. The van der Waals surface area contributed by atoms with Crippen LogP contribution in [0.1, 0.15) is 17.4 Å². The molecule has 1 saturated heterocycles. The van der Waals surface area contributed by atoms with Crippen LogP contribution in [0.15, 0.2) is 47.2 Å². The van der Waals surface area contributed by atoms with E-state index in [-0.39, 0.29) is 5.92 Å². The molecule has 1 aliphatic rings. The number of methoxy groups -OCH3 is 2. The standard InChI is InChI=1S/C19H20N4O3/c1-24-16-6-5-13(8-17(16)25-2)10-23-11-15(12-23)19-21-18(22-26-19)14-4-3-7-20-9-14/h3-9,15H,10-12H2,1-2H3. The summed E-state index contributed by atoms with van der Waals surface area (Å²) in [6, 6.07) is 9.79. The van der Waals surface area contributed by atoms with Gasteiger partial charge in [0.1, 0.15) is 0 Å². The molecular formula is C19H20N4O3. The predicted molar refractivity (Wildman–Crippen MR) is 95.1 cm³/mol. The molecule has 0 atom stereocenters. The predicted octanol–water partition coefficient (Wildman–Crippen LogP) is 2.75. The molecule has 3 heterocycles. The average Bonchev–Trinajstić information content (AvgIpc) is 3.14. The van der Waals surface area contributed by atoms with E-state index in [0.29, 0.717) is 11.7 Å². The first-order valence-corrected chi connectivity index (χ1v) is 8.44. The summed E-state index contributed by atoms with van der Waals surface area (Å²) in [6.07, 6.45) is 3.46. The van der Waals surface area contributed by atoms with Crippen molar-refractivity contribution in [3.8, 4) is 22.9 Å². The Morgan fingerprint density at radius 1 is 1.15 bits per heavy atom. The van der Waals surface area contributed by atoms with Gasteiger partial charge in [-0.25, -0.2) is 0 Å². The van der Waals surface area contributed by atoms with Crippen LogP contribution in [0.5, 0.6) is 11.5 Å². The fraction of sp³-hybridized carbons (Fsp3) is 0.316. The number of ether oxygens (including phenoxy) is 2. The lowest BCUT2D eigenvalue weighted by molar-refractivity contribution is 0.117. The van der Waals surface area contributed by atoms with Crippen LogP contribution in [0.25, 0.3) is 11.4 Å². The molecule has 7 heteroatoms. The second-order valence-electron chi connectivity index (χ2n) is 6.28. The zero-order valence-corrected chi connectivity index (χ0v) is 14.8. The van der Waals surface area contributed by atoms with E-state index in [1.165, 1.54) is 5.56 Å². The molecule has 0 amide bonds. The van der Waals surface area contributed by atoms with Crippen molar-refractivity contribution in [1.82, 2.24) is 20.0 Å². The number of rotatable bonds is 6. The maximum absolute atomic E-state index is 5.44. The summed E-state index contributed by atoms with van der Waals surface area (Å²) in [6.45, 7) is 2.63. The van der Waals surface area contributed by atoms with Gasteiger partial charge in [-0.2, -0.15) is 4.98 Å². The number of likely N-dealkylation sites (tertiary alicyclic amines) is 1. The Bertz CT molecular complexity index is 876. The van der Waals surface area contributed by atoms with Gasteiger partial charge in [0.15, 0.2) is 11.5 Å². The summed E-state index contributed by atoms with van der Waals surface area (Å²) in [5, 5.41) is 4.07. The van der Waals surface area contributed by atoms with Gasteiger partial charge in [-0.05, 0) is 29.8 Å². The van der Waals surface area contributed by atoms with E-state index in [9.17, 15) is 0 Å². The highest BCUT2D eigenvalue weighted by atomic mass is 16.5. The van der Waals surface area contributed by atoms with Crippen molar-refractivity contribution in [2.45, 2.75) is 12.5 Å². The summed E-state index contributed by atoms with van der Waals surface area (Å²) in [5.74, 6) is 3.04. The summed E-state index contributed by atoms with van der Waals surface area (Å²) in [5.41, 5.74) is 2.05. The molecule has 0 unspecified atom stereocenters. The number of nitrogens with zero attached hydrogens (tertiary/aromatic N) is 4. The highest BCUT2D eigenvalue weighted by molar-refractivity contribution is 5.52. The van der Waals surface area contributed by atoms with Crippen LogP contribution in [0.4, 0.5) is 0 Å². The molecule has 4 rings (SSSR count). The van der Waals surface area contributed by atoms with E-state index in [4.69, 9.17) is 14.0 Å². The van der Waals surface area contributed by atoms with Crippen molar-refractivity contribution in [3.63, 3.8) is 0 Å². The SMILES string of the molecule is COc1ccc(CN2CC(c3nc(-c4cccnc4)no3)C2)cc1OC. The fourth-order valence-corrected chi connectivity index (χ4v) is 3.11. The molecule has 0 aliphatic carbocycles. The topological polar surface area (TPSA) is 73.5 Å². The van der Waals surface area contributed by atoms with E-state index in [0.717, 1.165) is 36.7 Å². The van der Waals surface area contributed by atoms with Gasteiger partial charge in [-0.3, -0.25) is 9.88 Å². The minimum atomic E-state index is 0.271. The number of benzene rings is 1. The third-order valence-electron chi connectivity index (χ3n) is 4.52. The Balaban J connectivity index is 1.37. The first-order valence-electron chi connectivity index (χ1n) is 8.44. The Morgan fingerprint density at radius 2 is 2.00 bits per heavy atom. The lowest BCUT2D eigenvalue weighted by Crippen LogP contribution is -2.44. The molecule has 0 radical (unpaired) electrons. The van der Waals surface area contributed by atoms with Crippen LogP contribution in [-0.2, 0) is 6.54 Å². The molecular weight excluding hydrogens is 332 g/mol. The van der Waals surface area contributed by atoms with Crippen LogP contribution < -0.4 is 9.47 Å². The second kappa shape index (κ2) is 7.13. The zero-order valence-electron chi connectivity index (χ0n) is 14.8. The first kappa shape index (κ1) is 16.5. The summed E-state index contributed by atoms with van der Waals surface area (Å²) >= 11 is 0. The molecule has 3 aromatic rings. The molecule has 26 heavy (non-hydrogen) atoms. The first-order chi connectivity index (χ1) is 12.8. The molecule has 7 nitrogen and oxygen atoms in total. The van der Waals surface area contributed by atoms with Crippen molar-refractivity contribution in [2.24, 2.45) is 0 Å². The summed E-state index contributed by atoms with van der Waals surface area (Å²) < 4.78 is 16.1. The van der Waals surface area contributed by atoms with Crippen LogP contribution >= 0.6 is 0 Å². The fourth-order valence-electron chi connectivity index (χ4n) is 3.11. The van der Waals surface area contributed by atoms with Gasteiger partial charge >= 0.3 is 0 Å². The van der Waals surface area contributed by atoms with Gasteiger partial charge in [0, 0.05) is 37.6 Å². The third kappa shape index (κ3) is 3.25. The highest BCUT2D eigenvalue weighted by Crippen LogP contribution is 2.31. The van der Waals surface area contributed by atoms with Crippen molar-refractivity contribution >= 4 is 0 Å². The third-order valence-corrected chi connectivity index (χ3v) is 4.52. The van der Waals surface area contributed by atoms with Crippen molar-refractivity contribution in [1.29, 1.82) is 0 Å². The lowest BCUT2D eigenvalue weighted by atomic mass is 9.99. The average molecular weight is 352 g/mol. The molecule has 0 N–H and O–H groups in total. The maximum Gasteiger partial charge on any atom is 0.232 e. The Labute approximate surface area is 151 Å². The van der Waals surface area contributed by atoms with E-state index in [2.05, 4.69) is 26.1 Å². The summed E-state index contributed by atoms with van der Waals surface area (Å²) in [7, 11) is 3.29. The number of aromatic nitrogens is 3. The lowest BCUT2D eigenvalue weighted by Gasteiger charge is -2.37. The van der Waals surface area contributed by atoms with Gasteiger partial charge in [0.05, 0.1) is 20.1 Å². The van der Waals surface area contributed by atoms with Crippen LogP contribution in [0.2, 0.25) is 0 Å². The van der Waals surface area contributed by atoms with Crippen LogP contribution in [0.3, 0.4) is 0 Å². The van der Waals surface area contributed by atoms with E-state index >= 15 is 0 Å². The maximum atomic E-state index is 5.44. The molecule has 1 aromatic carbocycles. The molecule has 0 bridgehead atoms. The van der Waals surface area contributed by atoms with Crippen molar-refractivity contribution in [2.75, 3.05) is 27.3 Å². The number of pyridine rings is 1. The van der Waals surface area contributed by atoms with Gasteiger partial charge in [-0.1, -0.05) is 11.2 Å². The quantitative estimate of drug-likeness (QED) is 0.675. The normalized spacial score (nSPS) is 14.8. The van der Waals surface area contributed by atoms with Crippen molar-refractivity contribution < 1.29 is 14.0 Å². The largest absolute Gasteiger partial charge is 0.493 e. The van der Waals surface area contributed by atoms with Gasteiger partial charge in [0.25, 0.3) is 0 Å². The Hall–Kier alpha value is -2.93. The smallest absolute Gasteiger partial charge is 0.232 e. The minimum absolute atomic E-state index is 0.271. The van der Waals surface area contributed by atoms with Crippen LogP contribution in [-0.4, -0.2) is 47.3 Å². The molecule has 1 aliphatic heterocycles. The minimum Gasteiger partial charge on any atom is -0.493 e. The van der Waals surface area contributed by atoms with Crippen molar-refractivity contribution in [3.05, 3.63) is 54.2 Å². The van der Waals surface area contributed by atoms with Crippen LogP contribution in [0, 0.1) is 0 Å². The van der Waals surface area contributed by atoms with Gasteiger partial charge in [-0.15, -0.1) is 0 Å². The summed E-state index contributed by atoms with van der Waals surface area (Å²) in [4.78, 5) is 10.9. The molecule has 0 saturated carbocycles. The van der Waals surface area contributed by atoms with E-state index in [1.54, 1.807) is 26.6 Å². The monoisotopic (exact) mass is 352 g/mol. The molecule has 1 fully saturated rings. The van der Waals surface area contributed by atoms with E-state index in [1.807, 2.05) is 24.3 Å². The van der Waals surface area contributed by atoms with Gasteiger partial charge < -0.3 is 14.0 Å². The molecule has 2 aromatic heterocycles. The number of hydrogen-bond acceptors (Lipinski definition) is 7. The number of hydrogen-bond donors (Lipinski definition) is 0. The van der Waals surface area contributed by atoms with E-state index < -0.39 is 0 Å².